The number of aromatic nitrogens is 2. The molecule has 0 saturated carbocycles. The number of rotatable bonds is 3. The summed E-state index contributed by atoms with van der Waals surface area (Å²) in [6.45, 7) is 0. The second-order valence-electron chi connectivity index (χ2n) is 4.51. The Balaban J connectivity index is 2.15. The lowest BCUT2D eigenvalue weighted by Crippen LogP contribution is -1.98. The molecule has 0 bridgehead atoms. The van der Waals surface area contributed by atoms with Gasteiger partial charge in [0.2, 0.25) is 0 Å². The lowest BCUT2D eigenvalue weighted by Gasteiger charge is -2.02. The van der Waals surface area contributed by atoms with Crippen LogP contribution in [0.2, 0.25) is 0 Å². The molecule has 1 aromatic carbocycles. The number of aryl methyl sites for hydroxylation is 1. The van der Waals surface area contributed by atoms with E-state index in [1.165, 1.54) is 12.1 Å². The van der Waals surface area contributed by atoms with Crippen LogP contribution in [0.4, 0.5) is 11.5 Å². The predicted octanol–water partition coefficient (Wildman–Crippen LogP) is 2.84. The average molecular weight is 284 g/mol. The Morgan fingerprint density at radius 3 is 2.57 bits per heavy atom. The number of nitrogen functional groups attached to an aromatic ring is 1. The van der Waals surface area contributed by atoms with E-state index in [9.17, 15) is 10.1 Å². The first-order chi connectivity index (χ1) is 10.1. The van der Waals surface area contributed by atoms with Crippen molar-refractivity contribution in [2.75, 3.05) is 5.73 Å². The number of nitro groups is 1. The zero-order valence-corrected chi connectivity index (χ0v) is 11.2. The maximum atomic E-state index is 10.7. The van der Waals surface area contributed by atoms with Crippen LogP contribution in [-0.2, 0) is 7.05 Å². The number of hydrogen-bond donors (Lipinski definition) is 1. The molecule has 0 spiro atoms. The van der Waals surface area contributed by atoms with E-state index in [1.54, 1.807) is 42.3 Å². The summed E-state index contributed by atoms with van der Waals surface area (Å²) < 4.78 is 6.92. The molecule has 0 amide bonds. The van der Waals surface area contributed by atoms with Gasteiger partial charge in [-0.3, -0.25) is 14.8 Å². The molecule has 106 valence electrons. The van der Waals surface area contributed by atoms with Crippen LogP contribution >= 0.6 is 0 Å². The minimum absolute atomic E-state index is 0.0285. The van der Waals surface area contributed by atoms with Crippen LogP contribution in [0.3, 0.4) is 0 Å². The molecule has 0 unspecified atom stereocenters. The van der Waals surface area contributed by atoms with Crippen molar-refractivity contribution in [3.8, 4) is 22.6 Å². The normalized spacial score (nSPS) is 10.7. The molecule has 21 heavy (non-hydrogen) atoms. The van der Waals surface area contributed by atoms with Gasteiger partial charge >= 0.3 is 0 Å². The Hall–Kier alpha value is -3.09. The van der Waals surface area contributed by atoms with Crippen molar-refractivity contribution in [2.24, 2.45) is 7.05 Å². The number of benzene rings is 1. The third-order valence-corrected chi connectivity index (χ3v) is 3.21. The van der Waals surface area contributed by atoms with E-state index in [-0.39, 0.29) is 5.69 Å². The summed E-state index contributed by atoms with van der Waals surface area (Å²) in [5.74, 6) is 1.06. The maximum absolute atomic E-state index is 10.7. The molecule has 3 aromatic rings. The fourth-order valence-corrected chi connectivity index (χ4v) is 2.16. The van der Waals surface area contributed by atoms with Crippen LogP contribution < -0.4 is 5.73 Å². The number of non-ortho nitro benzene ring substituents is 1. The first-order valence-corrected chi connectivity index (χ1v) is 6.19. The zero-order chi connectivity index (χ0) is 15.0. The Bertz CT molecular complexity index is 788. The molecule has 0 fully saturated rings. The quantitative estimate of drug-likeness (QED) is 0.588. The fourth-order valence-electron chi connectivity index (χ4n) is 2.16. The van der Waals surface area contributed by atoms with Crippen LogP contribution in [0.5, 0.6) is 0 Å². The zero-order valence-electron chi connectivity index (χ0n) is 11.2. The van der Waals surface area contributed by atoms with Gasteiger partial charge in [-0.1, -0.05) is 0 Å². The van der Waals surface area contributed by atoms with Crippen molar-refractivity contribution < 1.29 is 9.34 Å². The summed E-state index contributed by atoms with van der Waals surface area (Å²) in [6, 6.07) is 9.73. The van der Waals surface area contributed by atoms with Crippen molar-refractivity contribution >= 4 is 11.5 Å². The molecule has 7 heteroatoms. The summed E-state index contributed by atoms with van der Waals surface area (Å²) in [6.07, 6.45) is 1.56. The van der Waals surface area contributed by atoms with Crippen LogP contribution in [0, 0.1) is 10.1 Å². The second-order valence-corrected chi connectivity index (χ2v) is 4.51. The number of nitro benzene ring substituents is 1. The third kappa shape index (κ3) is 2.14. The van der Waals surface area contributed by atoms with Crippen LogP contribution in [0.1, 0.15) is 0 Å². The molecule has 3 rings (SSSR count). The molecule has 0 aliphatic heterocycles. The van der Waals surface area contributed by atoms with Gasteiger partial charge in [-0.25, -0.2) is 0 Å². The molecule has 0 aliphatic rings. The van der Waals surface area contributed by atoms with Crippen LogP contribution in [0.15, 0.2) is 47.1 Å². The second kappa shape index (κ2) is 4.78. The van der Waals surface area contributed by atoms with Gasteiger partial charge in [-0.2, -0.15) is 5.10 Å². The van der Waals surface area contributed by atoms with Crippen molar-refractivity contribution in [1.82, 2.24) is 9.78 Å². The number of furan rings is 1. The Kier molecular flexibility index (Phi) is 2.94. The first-order valence-electron chi connectivity index (χ1n) is 6.19. The molecule has 0 aliphatic carbocycles. The third-order valence-electron chi connectivity index (χ3n) is 3.21. The van der Waals surface area contributed by atoms with Gasteiger partial charge in [0.05, 0.1) is 16.7 Å². The SMILES string of the molecule is Cn1nc(-c2ccco2)c(-c2ccc([N+](=O)[O-])cc2)c1N. The number of hydrogen-bond acceptors (Lipinski definition) is 5. The van der Waals surface area contributed by atoms with Gasteiger partial charge in [-0.15, -0.1) is 0 Å². The highest BCUT2D eigenvalue weighted by atomic mass is 16.6. The van der Waals surface area contributed by atoms with E-state index in [2.05, 4.69) is 5.10 Å². The molecule has 0 radical (unpaired) electrons. The maximum Gasteiger partial charge on any atom is 0.269 e. The molecule has 2 heterocycles. The van der Waals surface area contributed by atoms with Gasteiger partial charge in [0, 0.05) is 19.2 Å². The monoisotopic (exact) mass is 284 g/mol. The van der Waals surface area contributed by atoms with Crippen molar-refractivity contribution in [3.05, 3.63) is 52.8 Å². The lowest BCUT2D eigenvalue weighted by molar-refractivity contribution is -0.384. The first kappa shape index (κ1) is 12.9. The fraction of sp³-hybridized carbons (Fsp3) is 0.0714. The van der Waals surface area contributed by atoms with Gasteiger partial charge in [0.1, 0.15) is 11.5 Å². The highest BCUT2D eigenvalue weighted by Gasteiger charge is 2.19. The van der Waals surface area contributed by atoms with E-state index in [4.69, 9.17) is 10.2 Å². The van der Waals surface area contributed by atoms with E-state index < -0.39 is 4.92 Å². The van der Waals surface area contributed by atoms with Crippen molar-refractivity contribution in [2.45, 2.75) is 0 Å². The number of nitrogens with zero attached hydrogens (tertiary/aromatic N) is 3. The van der Waals surface area contributed by atoms with Crippen molar-refractivity contribution in [3.63, 3.8) is 0 Å². The van der Waals surface area contributed by atoms with Gasteiger partial charge in [0.25, 0.3) is 5.69 Å². The summed E-state index contributed by atoms with van der Waals surface area (Å²) in [5.41, 5.74) is 8.14. The topological polar surface area (TPSA) is 100 Å². The molecule has 2 N–H and O–H groups in total. The Labute approximate surface area is 119 Å². The highest BCUT2D eigenvalue weighted by Crippen LogP contribution is 2.36. The minimum atomic E-state index is -0.441. The lowest BCUT2D eigenvalue weighted by atomic mass is 10.0. The predicted molar refractivity (Wildman–Crippen MR) is 77.4 cm³/mol. The van der Waals surface area contributed by atoms with Crippen LogP contribution in [0.25, 0.3) is 22.6 Å². The molecule has 2 aromatic heterocycles. The van der Waals surface area contributed by atoms with E-state index >= 15 is 0 Å². The number of nitrogens with two attached hydrogens (primary N) is 1. The summed E-state index contributed by atoms with van der Waals surface area (Å²) in [5, 5.41) is 15.1. The minimum Gasteiger partial charge on any atom is -0.463 e. The van der Waals surface area contributed by atoms with Gasteiger partial charge in [-0.05, 0) is 29.8 Å². The Morgan fingerprint density at radius 2 is 2.00 bits per heavy atom. The molecule has 0 atom stereocenters. The smallest absolute Gasteiger partial charge is 0.269 e. The Morgan fingerprint density at radius 1 is 1.29 bits per heavy atom. The molecular formula is C14H12N4O3. The highest BCUT2D eigenvalue weighted by molar-refractivity contribution is 5.86. The van der Waals surface area contributed by atoms with E-state index in [0.29, 0.717) is 22.8 Å². The van der Waals surface area contributed by atoms with Crippen LogP contribution in [-0.4, -0.2) is 14.7 Å². The largest absolute Gasteiger partial charge is 0.463 e. The average Bonchev–Trinajstić information content (AvgIpc) is 3.09. The molecule has 0 saturated heterocycles. The molecule has 7 nitrogen and oxygen atoms in total. The van der Waals surface area contributed by atoms with Gasteiger partial charge < -0.3 is 10.2 Å². The summed E-state index contributed by atoms with van der Waals surface area (Å²) in [4.78, 5) is 10.3. The van der Waals surface area contributed by atoms with Gasteiger partial charge in [0.15, 0.2) is 5.76 Å². The summed E-state index contributed by atoms with van der Waals surface area (Å²) >= 11 is 0. The number of anilines is 1. The van der Waals surface area contributed by atoms with E-state index in [1.807, 2.05) is 0 Å². The van der Waals surface area contributed by atoms with Crippen molar-refractivity contribution in [1.29, 1.82) is 0 Å². The molecular weight excluding hydrogens is 272 g/mol. The standard InChI is InChI=1S/C14H12N4O3/c1-17-14(15)12(13(16-17)11-3-2-8-21-11)9-4-6-10(7-5-9)18(19)20/h2-8H,15H2,1H3. The van der Waals surface area contributed by atoms with E-state index in [0.717, 1.165) is 5.56 Å². The summed E-state index contributed by atoms with van der Waals surface area (Å²) in [7, 11) is 1.73.